The van der Waals surface area contributed by atoms with Crippen LogP contribution in [0.15, 0.2) is 35.2 Å². The molecule has 0 N–H and O–H groups in total. The molecule has 0 radical (unpaired) electrons. The molecule has 1 aromatic rings. The van der Waals surface area contributed by atoms with E-state index < -0.39 is 0 Å². The molecule has 2 rings (SSSR count). The van der Waals surface area contributed by atoms with E-state index in [1.807, 2.05) is 18.7 Å². The second kappa shape index (κ2) is 3.93. The molecule has 1 aliphatic heterocycles. The van der Waals surface area contributed by atoms with Crippen molar-refractivity contribution in [3.8, 4) is 5.75 Å². The molecule has 15 heavy (non-hydrogen) atoms. The predicted molar refractivity (Wildman–Crippen MR) is 65.8 cm³/mol. The quantitative estimate of drug-likeness (QED) is 0.665. The minimum absolute atomic E-state index is 0.151. The first-order chi connectivity index (χ1) is 7.13. The summed E-state index contributed by atoms with van der Waals surface area (Å²) in [6.45, 7) is 6.27. The van der Waals surface area contributed by atoms with E-state index >= 15 is 0 Å². The summed E-state index contributed by atoms with van der Waals surface area (Å²) < 4.78 is 6.01. The van der Waals surface area contributed by atoms with Gasteiger partial charge in [0.05, 0.1) is 0 Å². The summed E-state index contributed by atoms with van der Waals surface area (Å²) in [4.78, 5) is 1.26. The van der Waals surface area contributed by atoms with Crippen molar-refractivity contribution in [3.05, 3.63) is 35.9 Å². The van der Waals surface area contributed by atoms with Crippen molar-refractivity contribution in [2.45, 2.75) is 31.3 Å². The zero-order chi connectivity index (χ0) is 10.9. The summed E-state index contributed by atoms with van der Waals surface area (Å²) in [5.74, 6) is 1.99. The van der Waals surface area contributed by atoms with Gasteiger partial charge < -0.3 is 4.74 Å². The summed E-state index contributed by atoms with van der Waals surface area (Å²) in [5.41, 5.74) is 1.14. The summed E-state index contributed by atoms with van der Waals surface area (Å²) in [5, 5.41) is 0. The van der Waals surface area contributed by atoms with Crippen LogP contribution in [-0.4, -0.2) is 11.4 Å². The lowest BCUT2D eigenvalue weighted by Crippen LogP contribution is -2.35. The van der Waals surface area contributed by atoms with Gasteiger partial charge in [0.2, 0.25) is 0 Å². The van der Waals surface area contributed by atoms with E-state index in [1.165, 1.54) is 10.5 Å². The van der Waals surface area contributed by atoms with Gasteiger partial charge in [-0.15, -0.1) is 11.8 Å². The van der Waals surface area contributed by atoms with Gasteiger partial charge in [0, 0.05) is 10.6 Å². The lowest BCUT2D eigenvalue weighted by Gasteiger charge is -2.33. The number of hydrogen-bond acceptors (Lipinski definition) is 2. The molecular weight excluding hydrogens is 204 g/mol. The maximum Gasteiger partial charge on any atom is 0.134 e. The molecule has 0 saturated heterocycles. The number of benzene rings is 1. The molecule has 1 atom stereocenters. The highest BCUT2D eigenvalue weighted by Crippen LogP contribution is 2.40. The predicted octanol–water partition coefficient (Wildman–Crippen LogP) is 3.81. The van der Waals surface area contributed by atoms with Gasteiger partial charge in [-0.2, -0.15) is 0 Å². The van der Waals surface area contributed by atoms with Crippen LogP contribution < -0.4 is 4.74 Å². The Morgan fingerprint density at radius 3 is 3.00 bits per heavy atom. The summed E-state index contributed by atoms with van der Waals surface area (Å²) in [7, 11) is 0. The number of thioether (sulfide) groups is 1. The first-order valence-corrected chi connectivity index (χ1v) is 6.18. The molecule has 0 aliphatic carbocycles. The van der Waals surface area contributed by atoms with Crippen LogP contribution in [0.5, 0.6) is 5.75 Å². The molecule has 1 nitrogen and oxygen atoms in total. The number of rotatable bonds is 1. The first-order valence-electron chi connectivity index (χ1n) is 5.19. The zero-order valence-corrected chi connectivity index (χ0v) is 10.2. The molecule has 0 aromatic heterocycles. The molecule has 0 spiro atoms. The highest BCUT2D eigenvalue weighted by molar-refractivity contribution is 7.99. The van der Waals surface area contributed by atoms with Crippen molar-refractivity contribution in [2.24, 2.45) is 0 Å². The Labute approximate surface area is 95.5 Å². The second-order valence-corrected chi connectivity index (χ2v) is 5.17. The van der Waals surface area contributed by atoms with Crippen molar-refractivity contribution in [3.63, 3.8) is 0 Å². The van der Waals surface area contributed by atoms with Crippen LogP contribution in [0, 0.1) is 6.92 Å². The molecule has 1 unspecified atom stereocenters. The minimum atomic E-state index is -0.151. The highest BCUT2D eigenvalue weighted by Gasteiger charge is 2.29. The summed E-state index contributed by atoms with van der Waals surface area (Å²) >= 11 is 1.87. The van der Waals surface area contributed by atoms with E-state index in [-0.39, 0.29) is 5.60 Å². The Morgan fingerprint density at radius 1 is 1.47 bits per heavy atom. The standard InChI is InChI=1S/C13H16OS/c1-4-7-13(3)9-15-12-8-10(2)5-6-11(12)14-13/h4-8H,9H2,1-3H3/b7-4+. The van der Waals surface area contributed by atoms with E-state index in [2.05, 4.69) is 44.2 Å². The van der Waals surface area contributed by atoms with Crippen LogP contribution >= 0.6 is 11.8 Å². The molecule has 0 amide bonds. The van der Waals surface area contributed by atoms with E-state index in [0.29, 0.717) is 0 Å². The van der Waals surface area contributed by atoms with Gasteiger partial charge >= 0.3 is 0 Å². The van der Waals surface area contributed by atoms with Crippen molar-refractivity contribution < 1.29 is 4.74 Å². The van der Waals surface area contributed by atoms with Gasteiger partial charge in [0.25, 0.3) is 0 Å². The number of aryl methyl sites for hydroxylation is 1. The first kappa shape index (κ1) is 10.6. The molecule has 1 aromatic carbocycles. The normalized spacial score (nSPS) is 25.0. The van der Waals surface area contributed by atoms with Gasteiger partial charge in [-0.05, 0) is 44.5 Å². The number of ether oxygens (including phenoxy) is 1. The highest BCUT2D eigenvalue weighted by atomic mass is 32.2. The van der Waals surface area contributed by atoms with Crippen LogP contribution in [0.4, 0.5) is 0 Å². The molecule has 1 aliphatic rings. The molecule has 0 bridgehead atoms. The lowest BCUT2D eigenvalue weighted by atomic mass is 10.1. The molecule has 80 valence electrons. The lowest BCUT2D eigenvalue weighted by molar-refractivity contribution is 0.157. The zero-order valence-electron chi connectivity index (χ0n) is 9.41. The Balaban J connectivity index is 2.31. The largest absolute Gasteiger partial charge is 0.481 e. The van der Waals surface area contributed by atoms with E-state index in [0.717, 1.165) is 11.5 Å². The molecule has 2 heteroatoms. The summed E-state index contributed by atoms with van der Waals surface area (Å²) in [6.07, 6.45) is 4.18. The van der Waals surface area contributed by atoms with Crippen molar-refractivity contribution in [1.82, 2.24) is 0 Å². The van der Waals surface area contributed by atoms with Gasteiger partial charge in [-0.25, -0.2) is 0 Å². The van der Waals surface area contributed by atoms with Gasteiger partial charge in [0.15, 0.2) is 0 Å². The fourth-order valence-corrected chi connectivity index (χ4v) is 2.87. The number of hydrogen-bond donors (Lipinski definition) is 0. The second-order valence-electron chi connectivity index (χ2n) is 4.15. The van der Waals surface area contributed by atoms with E-state index in [9.17, 15) is 0 Å². The fraction of sp³-hybridized carbons (Fsp3) is 0.385. The molecular formula is C13H16OS. The van der Waals surface area contributed by atoms with E-state index in [4.69, 9.17) is 4.74 Å². The Bertz CT molecular complexity index is 398. The SMILES string of the molecule is C/C=C/C1(C)CSc2cc(C)ccc2O1. The van der Waals surface area contributed by atoms with Crippen molar-refractivity contribution >= 4 is 11.8 Å². The van der Waals surface area contributed by atoms with Crippen molar-refractivity contribution in [2.75, 3.05) is 5.75 Å². The Hall–Kier alpha value is -0.890. The number of fused-ring (bicyclic) bond motifs is 1. The van der Waals surface area contributed by atoms with Crippen LogP contribution in [0.25, 0.3) is 0 Å². The van der Waals surface area contributed by atoms with Gasteiger partial charge in [-0.3, -0.25) is 0 Å². The van der Waals surface area contributed by atoms with Crippen LogP contribution in [0.3, 0.4) is 0 Å². The fourth-order valence-electron chi connectivity index (χ4n) is 1.75. The van der Waals surface area contributed by atoms with Gasteiger partial charge in [-0.1, -0.05) is 12.1 Å². The minimum Gasteiger partial charge on any atom is -0.481 e. The maximum absolute atomic E-state index is 6.01. The monoisotopic (exact) mass is 220 g/mol. The van der Waals surface area contributed by atoms with Crippen LogP contribution in [0.1, 0.15) is 19.4 Å². The third-order valence-electron chi connectivity index (χ3n) is 2.48. The maximum atomic E-state index is 6.01. The molecule has 0 fully saturated rings. The van der Waals surface area contributed by atoms with Crippen LogP contribution in [0.2, 0.25) is 0 Å². The van der Waals surface area contributed by atoms with Gasteiger partial charge in [0.1, 0.15) is 11.4 Å². The Kier molecular flexibility index (Phi) is 2.79. The molecule has 0 saturated carbocycles. The average molecular weight is 220 g/mol. The van der Waals surface area contributed by atoms with E-state index in [1.54, 1.807) is 0 Å². The van der Waals surface area contributed by atoms with Crippen molar-refractivity contribution in [1.29, 1.82) is 0 Å². The Morgan fingerprint density at radius 2 is 2.27 bits per heavy atom. The smallest absolute Gasteiger partial charge is 0.134 e. The summed E-state index contributed by atoms with van der Waals surface area (Å²) in [6, 6.07) is 6.36. The third kappa shape index (κ3) is 2.20. The third-order valence-corrected chi connectivity index (χ3v) is 3.82. The topological polar surface area (TPSA) is 9.23 Å². The number of allylic oxidation sites excluding steroid dienone is 1. The van der Waals surface area contributed by atoms with Crippen LogP contribution in [-0.2, 0) is 0 Å². The average Bonchev–Trinajstić information content (AvgIpc) is 2.19. The molecule has 1 heterocycles.